The van der Waals surface area contributed by atoms with E-state index in [1.165, 1.54) is 0 Å². The molecule has 4 aromatic rings. The number of hydrogen-bond acceptors (Lipinski definition) is 4. The summed E-state index contributed by atoms with van der Waals surface area (Å²) in [5.41, 5.74) is 2.35. The van der Waals surface area contributed by atoms with E-state index >= 15 is 0 Å². The summed E-state index contributed by atoms with van der Waals surface area (Å²) in [7, 11) is 0. The van der Waals surface area contributed by atoms with Crippen molar-refractivity contribution in [1.82, 2.24) is 20.1 Å². The maximum Gasteiger partial charge on any atom is 0.275 e. The molecule has 0 bridgehead atoms. The van der Waals surface area contributed by atoms with Gasteiger partial charge in [-0.3, -0.25) is 9.89 Å². The number of H-pyrrole nitrogens is 1. The summed E-state index contributed by atoms with van der Waals surface area (Å²) in [6.45, 7) is 0.663. The Hall–Kier alpha value is -3.12. The van der Waals surface area contributed by atoms with Crippen molar-refractivity contribution < 1.29 is 9.21 Å². The first-order valence-electron chi connectivity index (χ1n) is 9.62. The normalized spacial score (nSPS) is 16.6. The van der Waals surface area contributed by atoms with Gasteiger partial charge in [-0.25, -0.2) is 4.98 Å². The SMILES string of the molecule is O=C(c1n[nH]c2ccccc12)N1CCC[C@H]1c1ncc(Cc2cccc(Cl)c2)o1. The number of amides is 1. The molecule has 1 amide bonds. The molecule has 0 spiro atoms. The molecule has 1 N–H and O–H groups in total. The van der Waals surface area contributed by atoms with E-state index in [0.29, 0.717) is 29.6 Å². The van der Waals surface area contributed by atoms with E-state index in [1.807, 2.05) is 53.4 Å². The lowest BCUT2D eigenvalue weighted by atomic mass is 10.1. The van der Waals surface area contributed by atoms with Gasteiger partial charge in [0, 0.05) is 23.4 Å². The number of fused-ring (bicyclic) bond motifs is 1. The standard InChI is InChI=1S/C22H19ClN4O2/c23-15-6-3-5-14(11-15)12-16-13-24-21(29-16)19-9-4-10-27(19)22(28)20-17-7-1-2-8-18(17)25-26-20/h1-3,5-8,11,13,19H,4,9-10,12H2,(H,25,26)/t19-/m0/s1. The molecule has 29 heavy (non-hydrogen) atoms. The van der Waals surface area contributed by atoms with Gasteiger partial charge in [-0.05, 0) is 36.6 Å². The number of benzene rings is 2. The topological polar surface area (TPSA) is 75.0 Å². The van der Waals surface area contributed by atoms with Crippen molar-refractivity contribution >= 4 is 28.4 Å². The van der Waals surface area contributed by atoms with Gasteiger partial charge in [-0.2, -0.15) is 5.10 Å². The van der Waals surface area contributed by atoms with Crippen molar-refractivity contribution in [2.24, 2.45) is 0 Å². The van der Waals surface area contributed by atoms with E-state index < -0.39 is 0 Å². The number of carbonyl (C=O) groups is 1. The summed E-state index contributed by atoms with van der Waals surface area (Å²) in [5, 5.41) is 8.72. The van der Waals surface area contributed by atoms with Crippen molar-refractivity contribution in [3.8, 4) is 0 Å². The largest absolute Gasteiger partial charge is 0.443 e. The summed E-state index contributed by atoms with van der Waals surface area (Å²) in [5.74, 6) is 1.24. The minimum absolute atomic E-state index is 0.0976. The zero-order valence-corrected chi connectivity index (χ0v) is 16.4. The van der Waals surface area contributed by atoms with Crippen molar-refractivity contribution in [1.29, 1.82) is 0 Å². The summed E-state index contributed by atoms with van der Waals surface area (Å²) < 4.78 is 6.02. The number of aromatic amines is 1. The van der Waals surface area contributed by atoms with Gasteiger partial charge in [-0.15, -0.1) is 0 Å². The van der Waals surface area contributed by atoms with Gasteiger partial charge < -0.3 is 9.32 Å². The van der Waals surface area contributed by atoms with Crippen LogP contribution in [0.2, 0.25) is 5.02 Å². The highest BCUT2D eigenvalue weighted by Gasteiger charge is 2.35. The van der Waals surface area contributed by atoms with Crippen molar-refractivity contribution in [2.45, 2.75) is 25.3 Å². The van der Waals surface area contributed by atoms with Gasteiger partial charge in [-0.1, -0.05) is 41.9 Å². The molecule has 6 nitrogen and oxygen atoms in total. The van der Waals surface area contributed by atoms with E-state index in [4.69, 9.17) is 16.0 Å². The molecule has 5 rings (SSSR count). The molecule has 3 heterocycles. The van der Waals surface area contributed by atoms with Crippen LogP contribution in [0.15, 0.2) is 59.1 Å². The molecular formula is C22H19ClN4O2. The lowest BCUT2D eigenvalue weighted by Crippen LogP contribution is -2.31. The fourth-order valence-electron chi connectivity index (χ4n) is 3.94. The average Bonchev–Trinajstić information content (AvgIpc) is 3.46. The third-order valence-electron chi connectivity index (χ3n) is 5.31. The predicted octanol–water partition coefficient (Wildman–Crippen LogP) is 4.77. The Balaban J connectivity index is 1.38. The minimum atomic E-state index is -0.175. The Kier molecular flexibility index (Phi) is 4.56. The van der Waals surface area contributed by atoms with Gasteiger partial charge in [0.1, 0.15) is 11.8 Å². The monoisotopic (exact) mass is 406 g/mol. The van der Waals surface area contributed by atoms with Crippen molar-refractivity contribution in [3.05, 3.63) is 82.7 Å². The van der Waals surface area contributed by atoms with Gasteiger partial charge in [0.05, 0.1) is 11.7 Å². The van der Waals surface area contributed by atoms with E-state index in [2.05, 4.69) is 15.2 Å². The number of nitrogens with zero attached hydrogens (tertiary/aromatic N) is 3. The van der Waals surface area contributed by atoms with Crippen LogP contribution in [0.5, 0.6) is 0 Å². The number of rotatable bonds is 4. The molecule has 1 atom stereocenters. The van der Waals surface area contributed by atoms with Gasteiger partial charge in [0.15, 0.2) is 5.69 Å². The number of aromatic nitrogens is 3. The fraction of sp³-hybridized carbons (Fsp3) is 0.227. The molecule has 1 fully saturated rings. The quantitative estimate of drug-likeness (QED) is 0.529. The van der Waals surface area contributed by atoms with Crippen LogP contribution >= 0.6 is 11.6 Å². The first-order chi connectivity index (χ1) is 14.2. The molecule has 2 aromatic heterocycles. The number of para-hydroxylation sites is 1. The maximum atomic E-state index is 13.2. The number of likely N-dealkylation sites (tertiary alicyclic amines) is 1. The Bertz CT molecular complexity index is 1180. The zero-order chi connectivity index (χ0) is 19.8. The van der Waals surface area contributed by atoms with Crippen LogP contribution in [0, 0.1) is 0 Å². The number of halogens is 1. The highest BCUT2D eigenvalue weighted by atomic mass is 35.5. The van der Waals surface area contributed by atoms with Crippen LogP contribution in [-0.4, -0.2) is 32.5 Å². The third kappa shape index (κ3) is 3.40. The second-order valence-electron chi connectivity index (χ2n) is 7.25. The first-order valence-corrected chi connectivity index (χ1v) is 10.00. The Labute approximate surface area is 172 Å². The number of carbonyl (C=O) groups excluding carboxylic acids is 1. The van der Waals surface area contributed by atoms with E-state index in [0.717, 1.165) is 35.1 Å². The van der Waals surface area contributed by atoms with Gasteiger partial charge in [0.2, 0.25) is 5.89 Å². The lowest BCUT2D eigenvalue weighted by Gasteiger charge is -2.21. The second kappa shape index (κ2) is 7.37. The van der Waals surface area contributed by atoms with Crippen LogP contribution in [0.1, 0.15) is 46.6 Å². The van der Waals surface area contributed by atoms with Crippen LogP contribution in [-0.2, 0) is 6.42 Å². The van der Waals surface area contributed by atoms with Crippen LogP contribution in [0.3, 0.4) is 0 Å². The molecular weight excluding hydrogens is 388 g/mol. The molecule has 7 heteroatoms. The summed E-state index contributed by atoms with van der Waals surface area (Å²) >= 11 is 6.07. The highest BCUT2D eigenvalue weighted by Crippen LogP contribution is 2.34. The molecule has 0 saturated carbocycles. The summed E-state index contributed by atoms with van der Waals surface area (Å²) in [6, 6.07) is 15.2. The molecule has 1 saturated heterocycles. The lowest BCUT2D eigenvalue weighted by molar-refractivity contribution is 0.0710. The van der Waals surface area contributed by atoms with E-state index in [1.54, 1.807) is 6.20 Å². The van der Waals surface area contributed by atoms with E-state index in [9.17, 15) is 4.79 Å². The molecule has 1 aliphatic heterocycles. The van der Waals surface area contributed by atoms with Crippen molar-refractivity contribution in [2.75, 3.05) is 6.54 Å². The Morgan fingerprint density at radius 1 is 1.24 bits per heavy atom. The second-order valence-corrected chi connectivity index (χ2v) is 7.68. The van der Waals surface area contributed by atoms with Gasteiger partial charge >= 0.3 is 0 Å². The number of hydrogen-bond donors (Lipinski definition) is 1. The molecule has 146 valence electrons. The minimum Gasteiger partial charge on any atom is -0.443 e. The molecule has 0 radical (unpaired) electrons. The maximum absolute atomic E-state index is 13.2. The summed E-state index contributed by atoms with van der Waals surface area (Å²) in [6.07, 6.45) is 4.08. The number of nitrogens with one attached hydrogen (secondary N) is 1. The summed E-state index contributed by atoms with van der Waals surface area (Å²) in [4.78, 5) is 19.5. The zero-order valence-electron chi connectivity index (χ0n) is 15.6. The molecule has 0 aliphatic carbocycles. The van der Waals surface area contributed by atoms with E-state index in [-0.39, 0.29) is 11.9 Å². The highest BCUT2D eigenvalue weighted by molar-refractivity contribution is 6.30. The Morgan fingerprint density at radius 2 is 2.14 bits per heavy atom. The smallest absolute Gasteiger partial charge is 0.275 e. The Morgan fingerprint density at radius 3 is 3.03 bits per heavy atom. The fourth-order valence-corrected chi connectivity index (χ4v) is 4.15. The molecule has 0 unspecified atom stereocenters. The predicted molar refractivity (Wildman–Crippen MR) is 110 cm³/mol. The van der Waals surface area contributed by atoms with Crippen LogP contribution in [0.25, 0.3) is 10.9 Å². The van der Waals surface area contributed by atoms with Gasteiger partial charge in [0.25, 0.3) is 5.91 Å². The van der Waals surface area contributed by atoms with Crippen molar-refractivity contribution in [3.63, 3.8) is 0 Å². The van der Waals surface area contributed by atoms with Crippen LogP contribution < -0.4 is 0 Å². The first kappa shape index (κ1) is 17.9. The number of oxazole rings is 1. The van der Waals surface area contributed by atoms with Crippen LogP contribution in [0.4, 0.5) is 0 Å². The third-order valence-corrected chi connectivity index (χ3v) is 5.55. The average molecular weight is 407 g/mol. The molecule has 2 aromatic carbocycles. The molecule has 1 aliphatic rings.